The van der Waals surface area contributed by atoms with Crippen molar-refractivity contribution in [1.82, 2.24) is 10.2 Å². The monoisotopic (exact) mass is 296 g/mol. The van der Waals surface area contributed by atoms with Crippen molar-refractivity contribution in [1.29, 1.82) is 0 Å². The van der Waals surface area contributed by atoms with Crippen molar-refractivity contribution in [3.63, 3.8) is 0 Å². The quantitative estimate of drug-likeness (QED) is 0.765. The Balaban J connectivity index is 1.93. The van der Waals surface area contributed by atoms with Gasteiger partial charge in [0, 0.05) is 37.6 Å². The summed E-state index contributed by atoms with van der Waals surface area (Å²) in [7, 11) is 1.49. The molecule has 1 saturated heterocycles. The highest BCUT2D eigenvalue weighted by atomic mass is 16.5. The van der Waals surface area contributed by atoms with Crippen molar-refractivity contribution in [3.8, 4) is 0 Å². The van der Waals surface area contributed by atoms with Gasteiger partial charge in [0.25, 0.3) is 0 Å². The number of nitrogens with zero attached hydrogens (tertiary/aromatic N) is 1. The molecule has 1 saturated carbocycles. The molecule has 1 N–H and O–H groups in total. The number of hydrogen-bond acceptors (Lipinski definition) is 4. The van der Waals surface area contributed by atoms with Crippen LogP contribution in [0.4, 0.5) is 0 Å². The smallest absolute Gasteiger partial charge is 0.305 e. The van der Waals surface area contributed by atoms with Gasteiger partial charge in [0.1, 0.15) is 0 Å². The van der Waals surface area contributed by atoms with Crippen LogP contribution in [0.5, 0.6) is 0 Å². The molecule has 0 spiro atoms. The fourth-order valence-corrected chi connectivity index (χ4v) is 3.87. The molecule has 4 heteroatoms. The average Bonchev–Trinajstić information content (AvgIpc) is 2.98. The Hall–Kier alpha value is -0.610. The van der Waals surface area contributed by atoms with Gasteiger partial charge in [-0.15, -0.1) is 0 Å². The van der Waals surface area contributed by atoms with Gasteiger partial charge in [-0.3, -0.25) is 9.69 Å². The molecule has 2 fully saturated rings. The van der Waals surface area contributed by atoms with Gasteiger partial charge in [-0.25, -0.2) is 0 Å². The minimum atomic E-state index is -0.0642. The maximum Gasteiger partial charge on any atom is 0.305 e. The summed E-state index contributed by atoms with van der Waals surface area (Å²) in [6.45, 7) is 6.71. The third-order valence-electron chi connectivity index (χ3n) is 5.29. The molecular weight excluding hydrogens is 264 g/mol. The molecule has 0 aromatic heterocycles. The van der Waals surface area contributed by atoms with Gasteiger partial charge in [0.05, 0.1) is 7.11 Å². The van der Waals surface area contributed by atoms with E-state index in [1.54, 1.807) is 0 Å². The van der Waals surface area contributed by atoms with Crippen molar-refractivity contribution in [2.75, 3.05) is 20.2 Å². The molecule has 3 unspecified atom stereocenters. The summed E-state index contributed by atoms with van der Waals surface area (Å²) in [5.41, 5.74) is 0. The van der Waals surface area contributed by atoms with E-state index in [1.807, 2.05) is 0 Å². The largest absolute Gasteiger partial charge is 0.469 e. The summed E-state index contributed by atoms with van der Waals surface area (Å²) in [5, 5.41) is 3.85. The standard InChI is InChI=1S/C17H32N2O2/c1-4-13(2)19-11-14(10-17(20)21-3)9-16(12-19)18-15-7-5-6-8-15/h13-16,18H,4-12H2,1-3H3. The van der Waals surface area contributed by atoms with Crippen LogP contribution in [0.25, 0.3) is 0 Å². The van der Waals surface area contributed by atoms with E-state index in [-0.39, 0.29) is 5.97 Å². The molecule has 0 aromatic rings. The van der Waals surface area contributed by atoms with Crippen LogP contribution in [-0.2, 0) is 9.53 Å². The normalized spacial score (nSPS) is 29.5. The zero-order chi connectivity index (χ0) is 15.2. The van der Waals surface area contributed by atoms with Crippen LogP contribution in [0, 0.1) is 5.92 Å². The van der Waals surface area contributed by atoms with Gasteiger partial charge in [-0.1, -0.05) is 19.8 Å². The Bertz CT molecular complexity index is 329. The molecule has 1 aliphatic carbocycles. The minimum Gasteiger partial charge on any atom is -0.469 e. The first-order chi connectivity index (χ1) is 10.1. The number of methoxy groups -OCH3 is 1. The van der Waals surface area contributed by atoms with Gasteiger partial charge >= 0.3 is 5.97 Å². The second-order valence-corrected chi connectivity index (χ2v) is 6.94. The molecule has 2 rings (SSSR count). The Morgan fingerprint density at radius 1 is 1.29 bits per heavy atom. The minimum absolute atomic E-state index is 0.0642. The molecule has 0 amide bonds. The van der Waals surface area contributed by atoms with Crippen LogP contribution in [0.1, 0.15) is 58.8 Å². The van der Waals surface area contributed by atoms with Crippen molar-refractivity contribution in [2.45, 2.75) is 76.9 Å². The van der Waals surface area contributed by atoms with E-state index in [1.165, 1.54) is 39.2 Å². The van der Waals surface area contributed by atoms with Gasteiger partial charge < -0.3 is 10.1 Å². The molecule has 2 aliphatic rings. The molecule has 0 bridgehead atoms. The predicted octanol–water partition coefficient (Wildman–Crippen LogP) is 2.57. The van der Waals surface area contributed by atoms with Crippen LogP contribution in [-0.4, -0.2) is 49.2 Å². The zero-order valence-electron chi connectivity index (χ0n) is 13.9. The zero-order valence-corrected chi connectivity index (χ0v) is 13.9. The maximum absolute atomic E-state index is 11.6. The first kappa shape index (κ1) is 16.8. The Labute approximate surface area is 129 Å². The fraction of sp³-hybridized carbons (Fsp3) is 0.941. The average molecular weight is 296 g/mol. The van der Waals surface area contributed by atoms with Crippen molar-refractivity contribution in [2.24, 2.45) is 5.92 Å². The lowest BCUT2D eigenvalue weighted by molar-refractivity contribution is -0.142. The molecule has 4 nitrogen and oxygen atoms in total. The lowest BCUT2D eigenvalue weighted by Gasteiger charge is -2.41. The lowest BCUT2D eigenvalue weighted by Crippen LogP contribution is -2.54. The summed E-state index contributed by atoms with van der Waals surface area (Å²) in [5.74, 6) is 0.365. The summed E-state index contributed by atoms with van der Waals surface area (Å²) >= 11 is 0. The van der Waals surface area contributed by atoms with Gasteiger partial charge in [-0.05, 0) is 38.5 Å². The van der Waals surface area contributed by atoms with Crippen molar-refractivity contribution < 1.29 is 9.53 Å². The molecular formula is C17H32N2O2. The van der Waals surface area contributed by atoms with Crippen molar-refractivity contribution in [3.05, 3.63) is 0 Å². The topological polar surface area (TPSA) is 41.6 Å². The number of ether oxygens (including phenoxy) is 1. The predicted molar refractivity (Wildman–Crippen MR) is 85.2 cm³/mol. The van der Waals surface area contributed by atoms with Crippen LogP contribution in [0.15, 0.2) is 0 Å². The van der Waals surface area contributed by atoms with E-state index in [2.05, 4.69) is 24.1 Å². The van der Waals surface area contributed by atoms with E-state index in [4.69, 9.17) is 4.74 Å². The maximum atomic E-state index is 11.6. The highest BCUT2D eigenvalue weighted by Crippen LogP contribution is 2.25. The molecule has 122 valence electrons. The third-order valence-corrected chi connectivity index (χ3v) is 5.29. The molecule has 0 radical (unpaired) electrons. The second-order valence-electron chi connectivity index (χ2n) is 6.94. The molecule has 0 aromatic carbocycles. The first-order valence-corrected chi connectivity index (χ1v) is 8.69. The number of hydrogen-bond donors (Lipinski definition) is 1. The summed E-state index contributed by atoms with van der Waals surface area (Å²) in [4.78, 5) is 14.2. The number of carbonyl (C=O) groups is 1. The van der Waals surface area contributed by atoms with Crippen LogP contribution < -0.4 is 5.32 Å². The second kappa shape index (κ2) is 8.14. The summed E-state index contributed by atoms with van der Waals surface area (Å²) < 4.78 is 4.87. The summed E-state index contributed by atoms with van der Waals surface area (Å²) in [6, 6.07) is 1.83. The van der Waals surface area contributed by atoms with E-state index < -0.39 is 0 Å². The van der Waals surface area contributed by atoms with E-state index in [0.717, 1.165) is 19.5 Å². The van der Waals surface area contributed by atoms with Gasteiger partial charge in [-0.2, -0.15) is 0 Å². The third kappa shape index (κ3) is 4.96. The van der Waals surface area contributed by atoms with Crippen LogP contribution in [0.3, 0.4) is 0 Å². The van der Waals surface area contributed by atoms with Crippen LogP contribution in [0.2, 0.25) is 0 Å². The van der Waals surface area contributed by atoms with E-state index >= 15 is 0 Å². The number of likely N-dealkylation sites (tertiary alicyclic amines) is 1. The first-order valence-electron chi connectivity index (χ1n) is 8.69. The van der Waals surface area contributed by atoms with Gasteiger partial charge in [0.15, 0.2) is 0 Å². The highest BCUT2D eigenvalue weighted by molar-refractivity contribution is 5.69. The van der Waals surface area contributed by atoms with Crippen molar-refractivity contribution >= 4 is 5.97 Å². The Morgan fingerprint density at radius 2 is 2.00 bits per heavy atom. The molecule has 1 heterocycles. The number of carbonyl (C=O) groups excluding carboxylic acids is 1. The SMILES string of the molecule is CCC(C)N1CC(CC(=O)OC)CC(NC2CCCC2)C1. The van der Waals surface area contributed by atoms with E-state index in [0.29, 0.717) is 30.5 Å². The summed E-state index contributed by atoms with van der Waals surface area (Å²) in [6.07, 6.45) is 8.21. The Morgan fingerprint density at radius 3 is 2.62 bits per heavy atom. The van der Waals surface area contributed by atoms with Crippen LogP contribution >= 0.6 is 0 Å². The molecule has 21 heavy (non-hydrogen) atoms. The van der Waals surface area contributed by atoms with Gasteiger partial charge in [0.2, 0.25) is 0 Å². The fourth-order valence-electron chi connectivity index (χ4n) is 3.87. The number of esters is 1. The number of rotatable bonds is 6. The lowest BCUT2D eigenvalue weighted by atomic mass is 9.90. The van der Waals surface area contributed by atoms with E-state index in [9.17, 15) is 4.79 Å². The molecule has 1 aliphatic heterocycles. The number of piperidine rings is 1. The Kier molecular flexibility index (Phi) is 6.49. The number of nitrogens with one attached hydrogen (secondary N) is 1. The highest BCUT2D eigenvalue weighted by Gasteiger charge is 2.32. The molecule has 3 atom stereocenters.